The van der Waals surface area contributed by atoms with Crippen molar-refractivity contribution in [3.63, 3.8) is 0 Å². The van der Waals surface area contributed by atoms with Crippen molar-refractivity contribution in [3.05, 3.63) is 12.2 Å². The lowest BCUT2D eigenvalue weighted by molar-refractivity contribution is -0.135. The van der Waals surface area contributed by atoms with Crippen LogP contribution in [0, 0.1) is 11.3 Å². The Bertz CT molecular complexity index is 143. The predicted molar refractivity (Wildman–Crippen MR) is 27.0 cm³/mol. The van der Waals surface area contributed by atoms with Gasteiger partial charge in [0.2, 0.25) is 0 Å². The summed E-state index contributed by atoms with van der Waals surface area (Å²) in [4.78, 5) is 9.71. The van der Waals surface area contributed by atoms with Crippen molar-refractivity contribution in [2.24, 2.45) is 0 Å². The molecule has 0 amide bonds. The fourth-order valence-electron chi connectivity index (χ4n) is 0.212. The van der Waals surface area contributed by atoms with Crippen LogP contribution in [0.3, 0.4) is 0 Å². The molecule has 0 saturated carbocycles. The van der Waals surface area contributed by atoms with Gasteiger partial charge in [-0.3, -0.25) is 4.79 Å². The molecule has 0 bridgehead atoms. The molecule has 0 aliphatic carbocycles. The minimum Gasteiger partial charge on any atom is -0.481 e. The van der Waals surface area contributed by atoms with E-state index in [9.17, 15) is 4.79 Å². The average molecular weight is 111 g/mol. The SMILES string of the molecule is N#C/C=C\CC(=O)O. The summed E-state index contributed by atoms with van der Waals surface area (Å²) in [5.41, 5.74) is 0. The Balaban J connectivity index is 3.34. The third kappa shape index (κ3) is 4.70. The second-order valence-corrected chi connectivity index (χ2v) is 1.13. The first-order chi connectivity index (χ1) is 3.77. The molecule has 0 unspecified atom stereocenters. The lowest BCUT2D eigenvalue weighted by atomic mass is 10.4. The predicted octanol–water partition coefficient (Wildman–Crippen LogP) is 0.541. The van der Waals surface area contributed by atoms with E-state index in [1.54, 1.807) is 6.07 Å². The molecule has 0 aromatic carbocycles. The van der Waals surface area contributed by atoms with Crippen molar-refractivity contribution in [1.82, 2.24) is 0 Å². The van der Waals surface area contributed by atoms with Crippen molar-refractivity contribution < 1.29 is 9.90 Å². The van der Waals surface area contributed by atoms with Gasteiger partial charge in [-0.2, -0.15) is 5.26 Å². The maximum atomic E-state index is 9.71. The van der Waals surface area contributed by atoms with Crippen LogP contribution in [0.15, 0.2) is 12.2 Å². The van der Waals surface area contributed by atoms with Gasteiger partial charge in [-0.1, -0.05) is 6.08 Å². The monoisotopic (exact) mass is 111 g/mol. The van der Waals surface area contributed by atoms with Gasteiger partial charge in [-0.25, -0.2) is 0 Å². The summed E-state index contributed by atoms with van der Waals surface area (Å²) >= 11 is 0. The normalized spacial score (nSPS) is 8.88. The van der Waals surface area contributed by atoms with Gasteiger partial charge in [0.1, 0.15) is 0 Å². The van der Waals surface area contributed by atoms with E-state index in [4.69, 9.17) is 10.4 Å². The van der Waals surface area contributed by atoms with Crippen molar-refractivity contribution in [1.29, 1.82) is 5.26 Å². The molecule has 0 aromatic heterocycles. The Morgan fingerprint density at radius 2 is 2.50 bits per heavy atom. The van der Waals surface area contributed by atoms with Crippen LogP contribution in [0.5, 0.6) is 0 Å². The van der Waals surface area contributed by atoms with Gasteiger partial charge in [-0.15, -0.1) is 0 Å². The topological polar surface area (TPSA) is 61.1 Å². The molecule has 0 saturated heterocycles. The lowest BCUT2D eigenvalue weighted by Crippen LogP contribution is -1.89. The summed E-state index contributed by atoms with van der Waals surface area (Å²) in [6.45, 7) is 0. The Morgan fingerprint density at radius 3 is 2.88 bits per heavy atom. The smallest absolute Gasteiger partial charge is 0.307 e. The number of carbonyl (C=O) groups is 1. The number of hydrogen-bond acceptors (Lipinski definition) is 2. The Kier molecular flexibility index (Phi) is 3.25. The van der Waals surface area contributed by atoms with Crippen LogP contribution in [0.4, 0.5) is 0 Å². The molecule has 0 radical (unpaired) electrons. The molecule has 8 heavy (non-hydrogen) atoms. The highest BCUT2D eigenvalue weighted by Crippen LogP contribution is 1.79. The highest BCUT2D eigenvalue weighted by Gasteiger charge is 1.86. The molecule has 0 aliphatic rings. The molecule has 0 heterocycles. The molecule has 3 nitrogen and oxygen atoms in total. The Labute approximate surface area is 46.9 Å². The van der Waals surface area contributed by atoms with E-state index >= 15 is 0 Å². The highest BCUT2D eigenvalue weighted by atomic mass is 16.4. The van der Waals surface area contributed by atoms with E-state index in [1.165, 1.54) is 6.08 Å². The number of allylic oxidation sites excluding steroid dienone is 1. The number of carboxylic acids is 1. The summed E-state index contributed by atoms with van der Waals surface area (Å²) in [5.74, 6) is -0.920. The van der Waals surface area contributed by atoms with Crippen molar-refractivity contribution in [3.8, 4) is 6.07 Å². The van der Waals surface area contributed by atoms with Gasteiger partial charge in [0, 0.05) is 6.08 Å². The second-order valence-electron chi connectivity index (χ2n) is 1.13. The summed E-state index contributed by atoms with van der Waals surface area (Å²) in [5, 5.41) is 15.8. The zero-order chi connectivity index (χ0) is 6.41. The third-order valence-corrected chi connectivity index (χ3v) is 0.485. The van der Waals surface area contributed by atoms with Crippen LogP contribution in [0.1, 0.15) is 6.42 Å². The Morgan fingerprint density at radius 1 is 1.88 bits per heavy atom. The van der Waals surface area contributed by atoms with E-state index in [1.807, 2.05) is 0 Å². The molecular formula is C5H5NO2. The molecule has 0 atom stereocenters. The number of carboxylic acid groups (broad SMARTS) is 1. The van der Waals surface area contributed by atoms with Crippen molar-refractivity contribution >= 4 is 5.97 Å². The number of nitrogens with zero attached hydrogens (tertiary/aromatic N) is 1. The first-order valence-electron chi connectivity index (χ1n) is 2.04. The molecule has 0 spiro atoms. The summed E-state index contributed by atoms with van der Waals surface area (Å²) in [7, 11) is 0. The molecule has 0 rings (SSSR count). The van der Waals surface area contributed by atoms with E-state index in [0.29, 0.717) is 0 Å². The van der Waals surface area contributed by atoms with E-state index in [2.05, 4.69) is 0 Å². The fourth-order valence-corrected chi connectivity index (χ4v) is 0.212. The van der Waals surface area contributed by atoms with E-state index in [0.717, 1.165) is 6.08 Å². The maximum absolute atomic E-state index is 9.71. The lowest BCUT2D eigenvalue weighted by Gasteiger charge is -1.76. The minimum absolute atomic E-state index is 0.0758. The standard InChI is InChI=1S/C5H5NO2/c6-4-2-1-3-5(7)8/h1-2H,3H2,(H,7,8)/b2-1-. The van der Waals surface area contributed by atoms with Crippen LogP contribution in [0.2, 0.25) is 0 Å². The highest BCUT2D eigenvalue weighted by molar-refractivity contribution is 5.68. The van der Waals surface area contributed by atoms with Gasteiger partial charge in [0.25, 0.3) is 0 Å². The largest absolute Gasteiger partial charge is 0.481 e. The van der Waals surface area contributed by atoms with Crippen LogP contribution in [0.25, 0.3) is 0 Å². The van der Waals surface area contributed by atoms with Crippen LogP contribution in [-0.2, 0) is 4.79 Å². The van der Waals surface area contributed by atoms with Gasteiger partial charge < -0.3 is 5.11 Å². The molecule has 1 N–H and O–H groups in total. The van der Waals surface area contributed by atoms with Crippen LogP contribution < -0.4 is 0 Å². The molecular weight excluding hydrogens is 106 g/mol. The average Bonchev–Trinajstić information content (AvgIpc) is 1.66. The Hall–Kier alpha value is -1.30. The number of hydrogen-bond donors (Lipinski definition) is 1. The fraction of sp³-hybridized carbons (Fsp3) is 0.200. The van der Waals surface area contributed by atoms with Gasteiger partial charge in [-0.05, 0) is 0 Å². The number of rotatable bonds is 2. The second kappa shape index (κ2) is 3.88. The van der Waals surface area contributed by atoms with E-state index in [-0.39, 0.29) is 6.42 Å². The first kappa shape index (κ1) is 6.70. The summed E-state index contributed by atoms with van der Waals surface area (Å²) < 4.78 is 0. The molecule has 0 aromatic rings. The summed E-state index contributed by atoms with van der Waals surface area (Å²) in [6, 6.07) is 1.68. The third-order valence-electron chi connectivity index (χ3n) is 0.485. The zero-order valence-corrected chi connectivity index (χ0v) is 4.16. The quantitative estimate of drug-likeness (QED) is 0.529. The minimum atomic E-state index is -0.920. The van der Waals surface area contributed by atoms with Crippen molar-refractivity contribution in [2.45, 2.75) is 6.42 Å². The molecule has 0 aliphatic heterocycles. The molecule has 0 fully saturated rings. The number of nitriles is 1. The van der Waals surface area contributed by atoms with Crippen LogP contribution in [-0.4, -0.2) is 11.1 Å². The first-order valence-corrected chi connectivity index (χ1v) is 2.04. The zero-order valence-electron chi connectivity index (χ0n) is 4.16. The molecule has 3 heteroatoms. The summed E-state index contributed by atoms with van der Waals surface area (Å²) in [6.07, 6.45) is 2.37. The molecule has 42 valence electrons. The maximum Gasteiger partial charge on any atom is 0.307 e. The number of aliphatic carboxylic acids is 1. The van der Waals surface area contributed by atoms with Crippen molar-refractivity contribution in [2.75, 3.05) is 0 Å². The van der Waals surface area contributed by atoms with Gasteiger partial charge >= 0.3 is 5.97 Å². The van der Waals surface area contributed by atoms with E-state index < -0.39 is 5.97 Å². The van der Waals surface area contributed by atoms with Gasteiger partial charge in [0.05, 0.1) is 12.5 Å². The van der Waals surface area contributed by atoms with Crippen LogP contribution >= 0.6 is 0 Å². The van der Waals surface area contributed by atoms with Gasteiger partial charge in [0.15, 0.2) is 0 Å².